The van der Waals surface area contributed by atoms with Gasteiger partial charge in [0.15, 0.2) is 0 Å². The number of thiophene rings is 1. The van der Waals surface area contributed by atoms with Crippen molar-refractivity contribution in [3.8, 4) is 12.3 Å². The lowest BCUT2D eigenvalue weighted by molar-refractivity contribution is 0.445. The van der Waals surface area contributed by atoms with Gasteiger partial charge in [-0.1, -0.05) is 19.8 Å². The Labute approximate surface area is 119 Å². The van der Waals surface area contributed by atoms with Crippen LogP contribution in [0.15, 0.2) is 16.3 Å². The highest BCUT2D eigenvalue weighted by Crippen LogP contribution is 2.25. The van der Waals surface area contributed by atoms with Gasteiger partial charge >= 0.3 is 0 Å². The SMILES string of the molecule is C#CCN(CCC)S(=O)(=O)c1ccsc1CNCC. The Bertz CT molecular complexity index is 529. The minimum absolute atomic E-state index is 0.118. The van der Waals surface area contributed by atoms with E-state index in [0.29, 0.717) is 18.0 Å². The standard InChI is InChI=1S/C13H20N2O2S2/c1-4-8-15(9-5-2)19(16,17)13-7-10-18-12(13)11-14-6-3/h1,7,10,14H,5-6,8-9,11H2,2-3H3. The molecule has 6 heteroatoms. The second-order valence-corrected chi connectivity index (χ2v) is 6.94. The summed E-state index contributed by atoms with van der Waals surface area (Å²) in [4.78, 5) is 1.21. The predicted octanol–water partition coefficient (Wildman–Crippen LogP) is 1.89. The van der Waals surface area contributed by atoms with Gasteiger partial charge in [-0.15, -0.1) is 17.8 Å². The van der Waals surface area contributed by atoms with Crippen molar-refractivity contribution in [1.82, 2.24) is 9.62 Å². The zero-order valence-electron chi connectivity index (χ0n) is 11.3. The fourth-order valence-electron chi connectivity index (χ4n) is 1.70. The van der Waals surface area contributed by atoms with Gasteiger partial charge in [0.25, 0.3) is 0 Å². The lowest BCUT2D eigenvalue weighted by Crippen LogP contribution is -2.32. The molecule has 1 N–H and O–H groups in total. The molecule has 0 atom stereocenters. The minimum atomic E-state index is -3.48. The molecule has 1 heterocycles. The van der Waals surface area contributed by atoms with Crippen LogP contribution in [0.1, 0.15) is 25.1 Å². The summed E-state index contributed by atoms with van der Waals surface area (Å²) in [5.41, 5.74) is 0. The van der Waals surface area contributed by atoms with Crippen molar-refractivity contribution in [2.24, 2.45) is 0 Å². The third kappa shape index (κ3) is 4.05. The number of hydrogen-bond acceptors (Lipinski definition) is 4. The summed E-state index contributed by atoms with van der Waals surface area (Å²) in [6.07, 6.45) is 6.01. The van der Waals surface area contributed by atoms with E-state index in [1.54, 1.807) is 11.4 Å². The van der Waals surface area contributed by atoms with E-state index >= 15 is 0 Å². The minimum Gasteiger partial charge on any atom is -0.312 e. The Morgan fingerprint density at radius 2 is 2.21 bits per heavy atom. The van der Waals surface area contributed by atoms with Crippen LogP contribution >= 0.6 is 11.3 Å². The smallest absolute Gasteiger partial charge is 0.245 e. The van der Waals surface area contributed by atoms with Gasteiger partial charge in [0.05, 0.1) is 11.4 Å². The summed E-state index contributed by atoms with van der Waals surface area (Å²) in [6, 6.07) is 1.66. The second-order valence-electron chi connectivity index (χ2n) is 4.03. The van der Waals surface area contributed by atoms with Gasteiger partial charge in [0, 0.05) is 18.0 Å². The van der Waals surface area contributed by atoms with E-state index in [2.05, 4.69) is 11.2 Å². The van der Waals surface area contributed by atoms with E-state index in [9.17, 15) is 8.42 Å². The molecular formula is C13H20N2O2S2. The molecule has 0 fully saturated rings. The fourth-order valence-corrected chi connectivity index (χ4v) is 4.53. The Morgan fingerprint density at radius 1 is 1.47 bits per heavy atom. The number of sulfonamides is 1. The molecule has 19 heavy (non-hydrogen) atoms. The first-order chi connectivity index (χ1) is 9.07. The maximum Gasteiger partial charge on any atom is 0.245 e. The summed E-state index contributed by atoms with van der Waals surface area (Å²) in [5, 5.41) is 4.96. The third-order valence-corrected chi connectivity index (χ3v) is 5.58. The summed E-state index contributed by atoms with van der Waals surface area (Å²) in [6.45, 7) is 5.87. The third-order valence-electron chi connectivity index (χ3n) is 2.60. The van der Waals surface area contributed by atoms with Crippen LogP contribution in [0.2, 0.25) is 0 Å². The van der Waals surface area contributed by atoms with Crippen molar-refractivity contribution in [2.75, 3.05) is 19.6 Å². The van der Waals surface area contributed by atoms with Crippen molar-refractivity contribution < 1.29 is 8.42 Å². The normalized spacial score (nSPS) is 11.7. The highest BCUT2D eigenvalue weighted by Gasteiger charge is 2.26. The molecule has 1 aromatic heterocycles. The van der Waals surface area contributed by atoms with Gasteiger partial charge in [-0.05, 0) is 24.4 Å². The summed E-state index contributed by atoms with van der Waals surface area (Å²) in [7, 11) is -3.48. The molecule has 0 spiro atoms. The molecule has 1 aromatic rings. The molecule has 106 valence electrons. The lowest BCUT2D eigenvalue weighted by Gasteiger charge is -2.19. The zero-order valence-corrected chi connectivity index (χ0v) is 13.0. The highest BCUT2D eigenvalue weighted by atomic mass is 32.2. The van der Waals surface area contributed by atoms with Crippen molar-refractivity contribution in [1.29, 1.82) is 0 Å². The van der Waals surface area contributed by atoms with Gasteiger partial charge in [0.1, 0.15) is 0 Å². The first-order valence-electron chi connectivity index (χ1n) is 6.28. The molecule has 0 aliphatic heterocycles. The van der Waals surface area contributed by atoms with Gasteiger partial charge in [-0.2, -0.15) is 4.31 Å². The first kappa shape index (κ1) is 16.2. The van der Waals surface area contributed by atoms with Crippen LogP contribution in [0.25, 0.3) is 0 Å². The molecule has 0 aliphatic carbocycles. The predicted molar refractivity (Wildman–Crippen MR) is 79.6 cm³/mol. The number of nitrogens with one attached hydrogen (secondary N) is 1. The topological polar surface area (TPSA) is 49.4 Å². The van der Waals surface area contributed by atoms with Crippen LogP contribution in [-0.4, -0.2) is 32.4 Å². The van der Waals surface area contributed by atoms with Crippen LogP contribution in [0.4, 0.5) is 0 Å². The van der Waals surface area contributed by atoms with E-state index in [1.807, 2.05) is 13.8 Å². The highest BCUT2D eigenvalue weighted by molar-refractivity contribution is 7.89. The number of nitrogens with zero attached hydrogens (tertiary/aromatic N) is 1. The number of hydrogen-bond donors (Lipinski definition) is 1. The molecular weight excluding hydrogens is 280 g/mol. The Morgan fingerprint density at radius 3 is 2.79 bits per heavy atom. The number of terminal acetylenes is 1. The molecule has 0 saturated heterocycles. The maximum absolute atomic E-state index is 12.6. The average molecular weight is 300 g/mol. The van der Waals surface area contributed by atoms with Crippen molar-refractivity contribution in [3.63, 3.8) is 0 Å². The Hall–Kier alpha value is -0.870. The second kappa shape index (κ2) is 7.65. The summed E-state index contributed by atoms with van der Waals surface area (Å²) >= 11 is 1.45. The van der Waals surface area contributed by atoms with Crippen molar-refractivity contribution >= 4 is 21.4 Å². The van der Waals surface area contributed by atoms with Gasteiger partial charge in [0.2, 0.25) is 10.0 Å². The van der Waals surface area contributed by atoms with Crippen molar-refractivity contribution in [3.05, 3.63) is 16.3 Å². The van der Waals surface area contributed by atoms with E-state index in [-0.39, 0.29) is 6.54 Å². The molecule has 0 bridgehead atoms. The molecule has 0 aromatic carbocycles. The van der Waals surface area contributed by atoms with Crippen molar-refractivity contribution in [2.45, 2.75) is 31.7 Å². The Balaban J connectivity index is 3.04. The van der Waals surface area contributed by atoms with Crippen LogP contribution < -0.4 is 5.32 Å². The van der Waals surface area contributed by atoms with Gasteiger partial charge in [-0.25, -0.2) is 8.42 Å². The molecule has 1 rings (SSSR count). The van der Waals surface area contributed by atoms with Crippen LogP contribution in [-0.2, 0) is 16.6 Å². The van der Waals surface area contributed by atoms with E-state index in [4.69, 9.17) is 6.42 Å². The van der Waals surface area contributed by atoms with Crippen LogP contribution in [0.5, 0.6) is 0 Å². The molecule has 0 aliphatic rings. The van der Waals surface area contributed by atoms with Gasteiger partial charge in [-0.3, -0.25) is 0 Å². The lowest BCUT2D eigenvalue weighted by atomic mass is 10.4. The largest absolute Gasteiger partial charge is 0.312 e. The molecule has 0 saturated carbocycles. The van der Waals surface area contributed by atoms with E-state index < -0.39 is 10.0 Å². The summed E-state index contributed by atoms with van der Waals surface area (Å²) < 4.78 is 26.5. The Kier molecular flexibility index (Phi) is 6.52. The quantitative estimate of drug-likeness (QED) is 0.746. The summed E-state index contributed by atoms with van der Waals surface area (Å²) in [5.74, 6) is 2.42. The maximum atomic E-state index is 12.6. The molecule has 4 nitrogen and oxygen atoms in total. The van der Waals surface area contributed by atoms with Gasteiger partial charge < -0.3 is 5.32 Å². The zero-order chi connectivity index (χ0) is 14.3. The number of rotatable bonds is 8. The van der Waals surface area contributed by atoms with Crippen LogP contribution in [0.3, 0.4) is 0 Å². The van der Waals surface area contributed by atoms with E-state index in [0.717, 1.165) is 17.8 Å². The monoisotopic (exact) mass is 300 g/mol. The molecule has 0 amide bonds. The first-order valence-corrected chi connectivity index (χ1v) is 8.60. The molecule has 0 radical (unpaired) electrons. The molecule has 0 unspecified atom stereocenters. The van der Waals surface area contributed by atoms with E-state index in [1.165, 1.54) is 15.6 Å². The fraction of sp³-hybridized carbons (Fsp3) is 0.538. The average Bonchev–Trinajstić information content (AvgIpc) is 2.85. The van der Waals surface area contributed by atoms with Crippen LogP contribution in [0, 0.1) is 12.3 Å².